The van der Waals surface area contributed by atoms with Gasteiger partial charge >= 0.3 is 5.97 Å². The second-order valence-corrected chi connectivity index (χ2v) is 5.41. The molecule has 1 heterocycles. The lowest BCUT2D eigenvalue weighted by molar-refractivity contribution is -0.122. The van der Waals surface area contributed by atoms with Crippen molar-refractivity contribution in [3.63, 3.8) is 0 Å². The fourth-order valence-electron chi connectivity index (χ4n) is 2.60. The molecular formula is C18H13N3O4. The zero-order valence-electron chi connectivity index (χ0n) is 12.9. The van der Waals surface area contributed by atoms with Gasteiger partial charge in [0.1, 0.15) is 11.6 Å². The molecule has 1 aromatic carbocycles. The average Bonchev–Trinajstić information content (AvgIpc) is 2.95. The maximum absolute atomic E-state index is 11.7. The number of carboxylic acid groups (broad SMARTS) is 1. The Bertz CT molecular complexity index is 894. The van der Waals surface area contributed by atoms with Crippen LogP contribution in [-0.4, -0.2) is 33.3 Å². The molecule has 0 saturated heterocycles. The molecule has 0 spiro atoms. The van der Waals surface area contributed by atoms with Gasteiger partial charge in [-0.25, -0.2) is 4.79 Å². The van der Waals surface area contributed by atoms with E-state index in [1.165, 1.54) is 30.5 Å². The van der Waals surface area contributed by atoms with Gasteiger partial charge < -0.3 is 10.9 Å². The third kappa shape index (κ3) is 3.07. The number of aromatic nitrogens is 1. The van der Waals surface area contributed by atoms with Crippen molar-refractivity contribution in [1.29, 1.82) is 0 Å². The van der Waals surface area contributed by atoms with Crippen LogP contribution < -0.4 is 5.84 Å². The van der Waals surface area contributed by atoms with Crippen LogP contribution >= 0.6 is 0 Å². The van der Waals surface area contributed by atoms with Gasteiger partial charge in [0.25, 0.3) is 0 Å². The number of hydrazone groups is 1. The normalized spacial score (nSPS) is 15.0. The first kappa shape index (κ1) is 16.3. The van der Waals surface area contributed by atoms with E-state index in [1.807, 2.05) is 0 Å². The van der Waals surface area contributed by atoms with Crippen molar-refractivity contribution in [3.05, 3.63) is 77.1 Å². The van der Waals surface area contributed by atoms with Crippen LogP contribution in [0.3, 0.4) is 0 Å². The Balaban J connectivity index is 1.88. The van der Waals surface area contributed by atoms with E-state index in [0.717, 1.165) is 0 Å². The predicted octanol–water partition coefficient (Wildman–Crippen LogP) is 1.28. The number of carbonyl (C=O) groups excluding carboxylic acids is 2. The number of pyridine rings is 1. The zero-order chi connectivity index (χ0) is 18.0. The Morgan fingerprint density at radius 3 is 2.08 bits per heavy atom. The smallest absolute Gasteiger partial charge is 0.335 e. The van der Waals surface area contributed by atoms with Crippen LogP contribution in [0.1, 0.15) is 33.1 Å². The van der Waals surface area contributed by atoms with Crippen LogP contribution in [0, 0.1) is 0 Å². The minimum absolute atomic E-state index is 0.147. The number of nitrogens with zero attached hydrogens (tertiary/aromatic N) is 2. The number of hydrogen-bond acceptors (Lipinski definition) is 6. The van der Waals surface area contributed by atoms with Gasteiger partial charge in [-0.05, 0) is 35.9 Å². The van der Waals surface area contributed by atoms with Gasteiger partial charge in [0.05, 0.1) is 11.3 Å². The largest absolute Gasteiger partial charge is 0.478 e. The number of allylic oxidation sites excluding steroid dienone is 2. The Kier molecular flexibility index (Phi) is 4.21. The van der Waals surface area contributed by atoms with Gasteiger partial charge in [0.15, 0.2) is 11.6 Å². The van der Waals surface area contributed by atoms with Crippen LogP contribution in [-0.2, 0) is 9.59 Å². The maximum Gasteiger partial charge on any atom is 0.335 e. The Morgan fingerprint density at radius 2 is 1.60 bits per heavy atom. The Hall–Kier alpha value is -3.61. The minimum Gasteiger partial charge on any atom is -0.478 e. The molecule has 0 unspecified atom stereocenters. The molecule has 3 rings (SSSR count). The lowest BCUT2D eigenvalue weighted by Crippen LogP contribution is -2.15. The topological polar surface area (TPSA) is 123 Å². The Labute approximate surface area is 142 Å². The summed E-state index contributed by atoms with van der Waals surface area (Å²) in [5.74, 6) is 3.05. The molecule has 124 valence electrons. The van der Waals surface area contributed by atoms with Gasteiger partial charge in [-0.3, -0.25) is 14.6 Å². The molecule has 0 radical (unpaired) electrons. The summed E-state index contributed by atoms with van der Waals surface area (Å²) in [5.41, 5.74) is 2.06. The molecule has 7 heteroatoms. The molecular weight excluding hydrogens is 322 g/mol. The predicted molar refractivity (Wildman–Crippen MR) is 89.4 cm³/mol. The first-order chi connectivity index (χ1) is 12.0. The molecule has 0 saturated carbocycles. The third-order valence-corrected chi connectivity index (χ3v) is 3.88. The first-order valence-corrected chi connectivity index (χ1v) is 7.35. The summed E-state index contributed by atoms with van der Waals surface area (Å²) < 4.78 is 0. The second-order valence-electron chi connectivity index (χ2n) is 5.41. The van der Waals surface area contributed by atoms with Crippen LogP contribution in [0.15, 0.2) is 59.8 Å². The molecule has 3 N–H and O–H groups in total. The number of carboxylic acids is 1. The molecule has 1 aliphatic rings. The summed E-state index contributed by atoms with van der Waals surface area (Å²) in [4.78, 5) is 38.6. The summed E-state index contributed by atoms with van der Waals surface area (Å²) in [6.45, 7) is 0. The highest BCUT2D eigenvalue weighted by Crippen LogP contribution is 2.23. The number of rotatable bonds is 4. The Morgan fingerprint density at radius 1 is 1.00 bits per heavy atom. The molecule has 0 aliphatic heterocycles. The van der Waals surface area contributed by atoms with E-state index >= 15 is 0 Å². The van der Waals surface area contributed by atoms with E-state index in [1.54, 1.807) is 24.3 Å². The molecule has 1 aromatic heterocycles. The van der Waals surface area contributed by atoms with Gasteiger partial charge in [0.2, 0.25) is 0 Å². The number of aromatic carboxylic acids is 1. The fourth-order valence-corrected chi connectivity index (χ4v) is 2.60. The van der Waals surface area contributed by atoms with E-state index in [0.29, 0.717) is 22.5 Å². The third-order valence-electron chi connectivity index (χ3n) is 3.88. The number of hydrogen-bond donors (Lipinski definition) is 2. The number of nitrogens with two attached hydrogens (primary N) is 1. The molecule has 25 heavy (non-hydrogen) atoms. The van der Waals surface area contributed by atoms with E-state index in [2.05, 4.69) is 10.1 Å². The monoisotopic (exact) mass is 335 g/mol. The van der Waals surface area contributed by atoms with Crippen LogP contribution in [0.2, 0.25) is 0 Å². The molecule has 7 nitrogen and oxygen atoms in total. The van der Waals surface area contributed by atoms with Gasteiger partial charge in [-0.15, -0.1) is 0 Å². The van der Waals surface area contributed by atoms with Gasteiger partial charge in [0, 0.05) is 11.8 Å². The van der Waals surface area contributed by atoms with E-state index in [-0.39, 0.29) is 17.1 Å². The highest BCUT2D eigenvalue weighted by molar-refractivity contribution is 6.22. The molecule has 0 atom stereocenters. The van der Waals surface area contributed by atoms with Crippen molar-refractivity contribution in [2.24, 2.45) is 10.9 Å². The van der Waals surface area contributed by atoms with Crippen LogP contribution in [0.4, 0.5) is 0 Å². The summed E-state index contributed by atoms with van der Waals surface area (Å²) in [6.07, 6.45) is 3.97. The highest BCUT2D eigenvalue weighted by Gasteiger charge is 2.30. The van der Waals surface area contributed by atoms with Crippen molar-refractivity contribution in [1.82, 2.24) is 4.98 Å². The standard InChI is InChI=1S/C18H13N3O4/c19-21-17(10-1-3-11(4-2-10)18(24)25)13-6-5-12(9-20-13)16-14(22)7-8-15(16)23/h1-9,16H,19H2,(H,24,25). The highest BCUT2D eigenvalue weighted by atomic mass is 16.4. The van der Waals surface area contributed by atoms with E-state index in [4.69, 9.17) is 10.9 Å². The number of benzene rings is 1. The molecule has 2 aromatic rings. The first-order valence-electron chi connectivity index (χ1n) is 7.35. The summed E-state index contributed by atoms with van der Waals surface area (Å²) in [6, 6.07) is 9.30. The molecule has 1 aliphatic carbocycles. The maximum atomic E-state index is 11.7. The van der Waals surface area contributed by atoms with Crippen molar-refractivity contribution < 1.29 is 19.5 Å². The van der Waals surface area contributed by atoms with Crippen molar-refractivity contribution in [2.75, 3.05) is 0 Å². The lowest BCUT2D eigenvalue weighted by atomic mass is 9.96. The number of ketones is 2. The second kappa shape index (κ2) is 6.48. The van der Waals surface area contributed by atoms with Crippen molar-refractivity contribution in [3.8, 4) is 0 Å². The van der Waals surface area contributed by atoms with Gasteiger partial charge in [-0.2, -0.15) is 5.10 Å². The van der Waals surface area contributed by atoms with Crippen LogP contribution in [0.5, 0.6) is 0 Å². The number of carbonyl (C=O) groups is 3. The van der Waals surface area contributed by atoms with E-state index in [9.17, 15) is 14.4 Å². The SMILES string of the molecule is NN=C(c1ccc(C(=O)O)cc1)c1ccc(C2C(=O)C=CC2=O)cn1. The summed E-state index contributed by atoms with van der Waals surface area (Å²) in [5, 5.41) is 12.7. The van der Waals surface area contributed by atoms with Crippen molar-refractivity contribution >= 4 is 23.2 Å². The molecule has 0 fully saturated rings. The molecule has 0 bridgehead atoms. The van der Waals surface area contributed by atoms with Crippen molar-refractivity contribution in [2.45, 2.75) is 5.92 Å². The van der Waals surface area contributed by atoms with Crippen LogP contribution in [0.25, 0.3) is 0 Å². The van der Waals surface area contributed by atoms with Gasteiger partial charge in [-0.1, -0.05) is 18.2 Å². The average molecular weight is 335 g/mol. The summed E-state index contributed by atoms with van der Waals surface area (Å²) in [7, 11) is 0. The minimum atomic E-state index is -1.03. The molecule has 0 amide bonds. The summed E-state index contributed by atoms with van der Waals surface area (Å²) >= 11 is 0. The zero-order valence-corrected chi connectivity index (χ0v) is 12.9. The van der Waals surface area contributed by atoms with E-state index < -0.39 is 11.9 Å². The lowest BCUT2D eigenvalue weighted by Gasteiger charge is -2.09. The quantitative estimate of drug-likeness (QED) is 0.375. The fraction of sp³-hybridized carbons (Fsp3) is 0.0556.